The Bertz CT molecular complexity index is 886. The Balaban J connectivity index is 1.48. The number of aryl methyl sites for hydroxylation is 1. The molecule has 0 saturated heterocycles. The van der Waals surface area contributed by atoms with Crippen molar-refractivity contribution in [2.24, 2.45) is 4.99 Å². The Morgan fingerprint density at radius 3 is 2.83 bits per heavy atom. The zero-order chi connectivity index (χ0) is 20.5. The molecule has 0 bridgehead atoms. The molecule has 0 unspecified atom stereocenters. The van der Waals surface area contributed by atoms with Crippen molar-refractivity contribution in [3.63, 3.8) is 0 Å². The van der Waals surface area contributed by atoms with E-state index in [-0.39, 0.29) is 0 Å². The lowest BCUT2D eigenvalue weighted by Gasteiger charge is -2.22. The van der Waals surface area contributed by atoms with Crippen molar-refractivity contribution >= 4 is 5.96 Å². The van der Waals surface area contributed by atoms with Crippen molar-refractivity contribution in [3.8, 4) is 17.3 Å². The van der Waals surface area contributed by atoms with Gasteiger partial charge >= 0.3 is 0 Å². The van der Waals surface area contributed by atoms with Crippen LogP contribution in [0.4, 0.5) is 0 Å². The number of guanidine groups is 1. The summed E-state index contributed by atoms with van der Waals surface area (Å²) in [6, 6.07) is 11.7. The Hall–Kier alpha value is -3.29. The maximum Gasteiger partial charge on any atom is 0.216 e. The number of furan rings is 1. The number of benzene rings is 1. The van der Waals surface area contributed by atoms with Crippen LogP contribution in [0.2, 0.25) is 0 Å². The van der Waals surface area contributed by atoms with Crippen molar-refractivity contribution in [1.29, 1.82) is 0 Å². The molecule has 0 atom stereocenters. The third-order valence-electron chi connectivity index (χ3n) is 4.30. The van der Waals surface area contributed by atoms with Crippen molar-refractivity contribution in [2.45, 2.75) is 20.3 Å². The van der Waals surface area contributed by atoms with E-state index in [0.717, 1.165) is 30.6 Å². The van der Waals surface area contributed by atoms with E-state index in [1.54, 1.807) is 6.26 Å². The third-order valence-corrected chi connectivity index (χ3v) is 4.30. The predicted octanol–water partition coefficient (Wildman–Crippen LogP) is 2.89. The SMILES string of the molecule is CCNC(=NCCc1nc(-c2ccco2)n[nH]1)N(C)CCOc1ccc(C)cc1. The molecule has 2 heterocycles. The van der Waals surface area contributed by atoms with Crippen molar-refractivity contribution in [2.75, 3.05) is 33.3 Å². The van der Waals surface area contributed by atoms with Gasteiger partial charge < -0.3 is 19.4 Å². The molecule has 0 amide bonds. The predicted molar refractivity (Wildman–Crippen MR) is 113 cm³/mol. The molecule has 1 aromatic carbocycles. The average molecular weight is 396 g/mol. The van der Waals surface area contributed by atoms with Gasteiger partial charge in [0.2, 0.25) is 5.82 Å². The minimum atomic E-state index is 0.561. The van der Waals surface area contributed by atoms with Gasteiger partial charge in [-0.15, -0.1) is 0 Å². The fourth-order valence-corrected chi connectivity index (χ4v) is 2.70. The Labute approximate surface area is 171 Å². The summed E-state index contributed by atoms with van der Waals surface area (Å²) in [5.74, 6) is 3.71. The van der Waals surface area contributed by atoms with Gasteiger partial charge in [-0.1, -0.05) is 17.7 Å². The molecule has 0 fully saturated rings. The van der Waals surface area contributed by atoms with E-state index in [2.05, 4.69) is 44.2 Å². The summed E-state index contributed by atoms with van der Waals surface area (Å²) in [5, 5.41) is 10.4. The van der Waals surface area contributed by atoms with Gasteiger partial charge in [0.25, 0.3) is 0 Å². The topological polar surface area (TPSA) is 91.6 Å². The summed E-state index contributed by atoms with van der Waals surface area (Å²) in [6.45, 7) is 6.82. The fourth-order valence-electron chi connectivity index (χ4n) is 2.70. The smallest absolute Gasteiger partial charge is 0.216 e. The summed E-state index contributed by atoms with van der Waals surface area (Å²) < 4.78 is 11.1. The average Bonchev–Trinajstić information content (AvgIpc) is 3.40. The van der Waals surface area contributed by atoms with E-state index in [1.807, 2.05) is 43.4 Å². The van der Waals surface area contributed by atoms with Crippen LogP contribution in [0.3, 0.4) is 0 Å². The number of nitrogens with zero attached hydrogens (tertiary/aromatic N) is 4. The normalized spacial score (nSPS) is 11.5. The number of ether oxygens (including phenoxy) is 1. The zero-order valence-corrected chi connectivity index (χ0v) is 17.2. The molecule has 2 N–H and O–H groups in total. The molecule has 0 spiro atoms. The second kappa shape index (κ2) is 10.3. The first kappa shape index (κ1) is 20.4. The number of aliphatic imine (C=N–C) groups is 1. The molecule has 8 nitrogen and oxygen atoms in total. The zero-order valence-electron chi connectivity index (χ0n) is 17.2. The maximum absolute atomic E-state index is 5.82. The summed E-state index contributed by atoms with van der Waals surface area (Å²) in [5.41, 5.74) is 1.22. The molecular formula is C21H28N6O2. The van der Waals surface area contributed by atoms with Gasteiger partial charge in [-0.3, -0.25) is 10.1 Å². The number of H-pyrrole nitrogens is 1. The van der Waals surface area contributed by atoms with Crippen molar-refractivity contribution in [3.05, 3.63) is 54.0 Å². The molecule has 0 aliphatic carbocycles. The van der Waals surface area contributed by atoms with Gasteiger partial charge in [0.05, 0.1) is 12.8 Å². The summed E-state index contributed by atoms with van der Waals surface area (Å²) in [4.78, 5) is 11.2. The van der Waals surface area contributed by atoms with Crippen LogP contribution in [0.5, 0.6) is 5.75 Å². The van der Waals surface area contributed by atoms with E-state index in [1.165, 1.54) is 5.56 Å². The molecule has 0 aliphatic rings. The standard InChI is InChI=1S/C21H28N6O2/c1-4-22-21(27(3)13-15-28-17-9-7-16(2)8-10-17)23-12-11-19-24-20(26-25-19)18-6-5-14-29-18/h5-10,14H,4,11-13,15H2,1-3H3,(H,22,23)(H,24,25,26). The second-order valence-electron chi connectivity index (χ2n) is 6.65. The minimum absolute atomic E-state index is 0.561. The Morgan fingerprint density at radius 1 is 1.28 bits per heavy atom. The van der Waals surface area contributed by atoms with Crippen LogP contribution < -0.4 is 10.1 Å². The van der Waals surface area contributed by atoms with Gasteiger partial charge in [0.15, 0.2) is 11.7 Å². The lowest BCUT2D eigenvalue weighted by Crippen LogP contribution is -2.41. The largest absolute Gasteiger partial charge is 0.492 e. The van der Waals surface area contributed by atoms with Crippen molar-refractivity contribution < 1.29 is 9.15 Å². The molecule has 0 saturated carbocycles. The van der Waals surface area contributed by atoms with Crippen LogP contribution in [0.15, 0.2) is 52.1 Å². The van der Waals surface area contributed by atoms with Crippen LogP contribution in [-0.4, -0.2) is 59.3 Å². The van der Waals surface area contributed by atoms with E-state index in [9.17, 15) is 0 Å². The minimum Gasteiger partial charge on any atom is -0.492 e. The second-order valence-corrected chi connectivity index (χ2v) is 6.65. The number of hydrogen-bond donors (Lipinski definition) is 2. The molecule has 3 rings (SSSR count). The van der Waals surface area contributed by atoms with Crippen LogP contribution in [0.1, 0.15) is 18.3 Å². The molecular weight excluding hydrogens is 368 g/mol. The van der Waals surface area contributed by atoms with Gasteiger partial charge in [-0.05, 0) is 38.1 Å². The summed E-state index contributed by atoms with van der Waals surface area (Å²) in [7, 11) is 2.00. The third kappa shape index (κ3) is 6.10. The van der Waals surface area contributed by atoms with Crippen molar-refractivity contribution in [1.82, 2.24) is 25.4 Å². The van der Waals surface area contributed by atoms with E-state index < -0.39 is 0 Å². The highest BCUT2D eigenvalue weighted by molar-refractivity contribution is 5.79. The van der Waals surface area contributed by atoms with Crippen LogP contribution >= 0.6 is 0 Å². The van der Waals surface area contributed by atoms with E-state index in [0.29, 0.717) is 31.2 Å². The molecule has 29 heavy (non-hydrogen) atoms. The first-order valence-corrected chi connectivity index (χ1v) is 9.79. The molecule has 154 valence electrons. The highest BCUT2D eigenvalue weighted by atomic mass is 16.5. The number of rotatable bonds is 9. The maximum atomic E-state index is 5.82. The van der Waals surface area contributed by atoms with Gasteiger partial charge in [0.1, 0.15) is 18.2 Å². The molecule has 8 heteroatoms. The molecule has 3 aromatic rings. The van der Waals surface area contributed by atoms with Gasteiger partial charge in [0, 0.05) is 26.6 Å². The molecule has 2 aromatic heterocycles. The highest BCUT2D eigenvalue weighted by Crippen LogP contribution is 2.14. The lowest BCUT2D eigenvalue weighted by molar-refractivity contribution is 0.281. The summed E-state index contributed by atoms with van der Waals surface area (Å²) >= 11 is 0. The first-order valence-electron chi connectivity index (χ1n) is 9.79. The van der Waals surface area contributed by atoms with Gasteiger partial charge in [-0.25, -0.2) is 4.98 Å². The van der Waals surface area contributed by atoms with Gasteiger partial charge in [-0.2, -0.15) is 5.10 Å². The highest BCUT2D eigenvalue weighted by Gasteiger charge is 2.09. The number of aromatic nitrogens is 3. The number of nitrogens with one attached hydrogen (secondary N) is 2. The number of aromatic amines is 1. The molecule has 0 aliphatic heterocycles. The van der Waals surface area contributed by atoms with E-state index in [4.69, 9.17) is 9.15 Å². The Morgan fingerprint density at radius 2 is 2.10 bits per heavy atom. The quantitative estimate of drug-likeness (QED) is 0.427. The van der Waals surface area contributed by atoms with E-state index >= 15 is 0 Å². The molecule has 0 radical (unpaired) electrons. The summed E-state index contributed by atoms with van der Waals surface area (Å²) in [6.07, 6.45) is 2.27. The monoisotopic (exact) mass is 396 g/mol. The number of likely N-dealkylation sites (N-methyl/N-ethyl adjacent to an activating group) is 1. The lowest BCUT2D eigenvalue weighted by atomic mass is 10.2. The Kier molecular flexibility index (Phi) is 7.27. The van der Waals surface area contributed by atoms with Crippen LogP contribution in [0.25, 0.3) is 11.6 Å². The number of hydrogen-bond acceptors (Lipinski definition) is 5. The first-order chi connectivity index (χ1) is 14.2. The van der Waals surface area contributed by atoms with Crippen LogP contribution in [0, 0.1) is 6.92 Å². The van der Waals surface area contributed by atoms with Crippen LogP contribution in [-0.2, 0) is 6.42 Å². The fraction of sp³-hybridized carbons (Fsp3) is 0.381.